The Hall–Kier alpha value is -1.35. The van der Waals surface area contributed by atoms with Crippen molar-refractivity contribution >= 4 is 11.1 Å². The summed E-state index contributed by atoms with van der Waals surface area (Å²) in [7, 11) is 0. The third-order valence-electron chi connectivity index (χ3n) is 3.66. The van der Waals surface area contributed by atoms with Gasteiger partial charge in [0.1, 0.15) is 5.52 Å². The lowest BCUT2D eigenvalue weighted by Crippen LogP contribution is -2.04. The van der Waals surface area contributed by atoms with Gasteiger partial charge in [0.05, 0.1) is 0 Å². The first kappa shape index (κ1) is 10.8. The van der Waals surface area contributed by atoms with Crippen LogP contribution in [-0.4, -0.2) is 4.98 Å². The molecule has 0 spiro atoms. The van der Waals surface area contributed by atoms with Crippen LogP contribution in [0.2, 0.25) is 0 Å². The number of benzene rings is 1. The van der Waals surface area contributed by atoms with E-state index >= 15 is 0 Å². The Morgan fingerprint density at radius 2 is 2.06 bits per heavy atom. The van der Waals surface area contributed by atoms with Crippen LogP contribution in [0, 0.1) is 0 Å². The van der Waals surface area contributed by atoms with E-state index < -0.39 is 0 Å². The molecule has 0 radical (unpaired) electrons. The number of nitrogens with two attached hydrogens (primary N) is 1. The molecule has 3 nitrogen and oxygen atoms in total. The minimum Gasteiger partial charge on any atom is -0.440 e. The summed E-state index contributed by atoms with van der Waals surface area (Å²) in [5.74, 6) is 1.45. The highest BCUT2D eigenvalue weighted by Gasteiger charge is 2.20. The average Bonchev–Trinajstić information content (AvgIpc) is 2.82. The van der Waals surface area contributed by atoms with E-state index in [9.17, 15) is 0 Å². The van der Waals surface area contributed by atoms with Crippen molar-refractivity contribution in [1.82, 2.24) is 4.98 Å². The van der Waals surface area contributed by atoms with Crippen LogP contribution >= 0.6 is 0 Å². The zero-order valence-electron chi connectivity index (χ0n) is 9.98. The van der Waals surface area contributed by atoms with Gasteiger partial charge in [-0.25, -0.2) is 4.98 Å². The smallest absolute Gasteiger partial charge is 0.198 e. The van der Waals surface area contributed by atoms with Gasteiger partial charge >= 0.3 is 0 Å². The van der Waals surface area contributed by atoms with Gasteiger partial charge in [-0.1, -0.05) is 25.3 Å². The van der Waals surface area contributed by atoms with Gasteiger partial charge in [-0.15, -0.1) is 0 Å². The molecule has 1 aromatic heterocycles. The first-order chi connectivity index (χ1) is 8.36. The minimum absolute atomic E-state index is 0.525. The Labute approximate surface area is 101 Å². The second-order valence-corrected chi connectivity index (χ2v) is 4.89. The minimum atomic E-state index is 0.525. The van der Waals surface area contributed by atoms with E-state index in [0.29, 0.717) is 12.5 Å². The van der Waals surface area contributed by atoms with E-state index in [2.05, 4.69) is 4.98 Å². The quantitative estimate of drug-likeness (QED) is 0.860. The van der Waals surface area contributed by atoms with Crippen molar-refractivity contribution in [3.63, 3.8) is 0 Å². The maximum atomic E-state index is 5.88. The van der Waals surface area contributed by atoms with E-state index in [4.69, 9.17) is 10.2 Å². The summed E-state index contributed by atoms with van der Waals surface area (Å²) >= 11 is 0. The molecule has 3 rings (SSSR count). The average molecular weight is 230 g/mol. The molecule has 2 N–H and O–H groups in total. The van der Waals surface area contributed by atoms with E-state index in [1.165, 1.54) is 32.1 Å². The molecule has 1 aliphatic carbocycles. The van der Waals surface area contributed by atoms with Crippen LogP contribution in [0.15, 0.2) is 22.6 Å². The van der Waals surface area contributed by atoms with Crippen molar-refractivity contribution in [3.05, 3.63) is 29.7 Å². The van der Waals surface area contributed by atoms with Gasteiger partial charge in [0.25, 0.3) is 0 Å². The molecule has 0 amide bonds. The van der Waals surface area contributed by atoms with Gasteiger partial charge in [0.15, 0.2) is 11.5 Å². The highest BCUT2D eigenvalue weighted by atomic mass is 16.3. The van der Waals surface area contributed by atoms with Crippen LogP contribution < -0.4 is 5.73 Å². The second-order valence-electron chi connectivity index (χ2n) is 4.89. The maximum Gasteiger partial charge on any atom is 0.198 e. The van der Waals surface area contributed by atoms with Crippen LogP contribution in [0.5, 0.6) is 0 Å². The van der Waals surface area contributed by atoms with Crippen molar-refractivity contribution in [3.8, 4) is 0 Å². The topological polar surface area (TPSA) is 52.0 Å². The lowest BCUT2D eigenvalue weighted by molar-refractivity contribution is 0.373. The lowest BCUT2D eigenvalue weighted by Gasteiger charge is -2.17. The molecule has 90 valence electrons. The third kappa shape index (κ3) is 2.07. The number of nitrogens with zero attached hydrogens (tertiary/aromatic N) is 1. The number of rotatable bonds is 2. The van der Waals surface area contributed by atoms with Crippen LogP contribution in [0.4, 0.5) is 0 Å². The molecule has 0 aliphatic heterocycles. The molecule has 1 fully saturated rings. The third-order valence-corrected chi connectivity index (χ3v) is 3.66. The highest BCUT2D eigenvalue weighted by Crippen LogP contribution is 2.33. The van der Waals surface area contributed by atoms with Gasteiger partial charge in [-0.05, 0) is 30.5 Å². The van der Waals surface area contributed by atoms with Gasteiger partial charge in [0.2, 0.25) is 0 Å². The molecule has 3 heteroatoms. The Balaban J connectivity index is 1.95. The van der Waals surface area contributed by atoms with Gasteiger partial charge < -0.3 is 10.2 Å². The van der Waals surface area contributed by atoms with Crippen LogP contribution in [-0.2, 0) is 6.54 Å². The molecule has 1 aliphatic rings. The van der Waals surface area contributed by atoms with Gasteiger partial charge in [-0.3, -0.25) is 0 Å². The zero-order valence-corrected chi connectivity index (χ0v) is 9.98. The summed E-state index contributed by atoms with van der Waals surface area (Å²) in [4.78, 5) is 4.60. The molecule has 0 unspecified atom stereocenters. The summed E-state index contributed by atoms with van der Waals surface area (Å²) in [6, 6.07) is 6.04. The van der Waals surface area contributed by atoms with Crippen LogP contribution in [0.25, 0.3) is 11.1 Å². The molecule has 17 heavy (non-hydrogen) atoms. The van der Waals surface area contributed by atoms with E-state index in [1.54, 1.807) is 0 Å². The van der Waals surface area contributed by atoms with Crippen LogP contribution in [0.3, 0.4) is 0 Å². The lowest BCUT2D eigenvalue weighted by atomic mass is 9.89. The molecule has 1 heterocycles. The predicted molar refractivity (Wildman–Crippen MR) is 67.7 cm³/mol. The number of aromatic nitrogens is 1. The number of oxazole rings is 1. The molecule has 0 saturated heterocycles. The SMILES string of the molecule is NCc1ccc2nc(C3CCCCC3)oc2c1. The van der Waals surface area contributed by atoms with Crippen molar-refractivity contribution in [1.29, 1.82) is 0 Å². The predicted octanol–water partition coefficient (Wildman–Crippen LogP) is 3.33. The summed E-state index contributed by atoms with van der Waals surface area (Å²) in [5.41, 5.74) is 8.57. The van der Waals surface area contributed by atoms with E-state index in [1.807, 2.05) is 18.2 Å². The number of hydrogen-bond donors (Lipinski definition) is 1. The van der Waals surface area contributed by atoms with E-state index in [-0.39, 0.29) is 0 Å². The summed E-state index contributed by atoms with van der Waals surface area (Å²) < 4.78 is 5.88. The molecular weight excluding hydrogens is 212 g/mol. The normalized spacial score (nSPS) is 17.7. The Kier molecular flexibility index (Phi) is 2.85. The highest BCUT2D eigenvalue weighted by molar-refractivity contribution is 5.73. The van der Waals surface area contributed by atoms with Gasteiger partial charge in [0, 0.05) is 12.5 Å². The van der Waals surface area contributed by atoms with Crippen LogP contribution in [0.1, 0.15) is 49.5 Å². The number of fused-ring (bicyclic) bond motifs is 1. The van der Waals surface area contributed by atoms with E-state index in [0.717, 1.165) is 22.6 Å². The fourth-order valence-corrected chi connectivity index (χ4v) is 2.64. The van der Waals surface area contributed by atoms with Crippen molar-refractivity contribution in [2.45, 2.75) is 44.6 Å². The largest absolute Gasteiger partial charge is 0.440 e. The maximum absolute atomic E-state index is 5.88. The standard InChI is InChI=1S/C14H18N2O/c15-9-10-6-7-12-13(8-10)17-14(16-12)11-4-2-1-3-5-11/h6-8,11H,1-5,9,15H2. The Morgan fingerprint density at radius 3 is 2.82 bits per heavy atom. The Bertz CT molecular complexity index is 512. The van der Waals surface area contributed by atoms with Crippen molar-refractivity contribution in [2.24, 2.45) is 5.73 Å². The first-order valence-corrected chi connectivity index (χ1v) is 6.46. The molecule has 1 aromatic carbocycles. The van der Waals surface area contributed by atoms with Gasteiger partial charge in [-0.2, -0.15) is 0 Å². The molecule has 2 aromatic rings. The van der Waals surface area contributed by atoms with Crippen molar-refractivity contribution in [2.75, 3.05) is 0 Å². The molecular formula is C14H18N2O. The molecule has 0 bridgehead atoms. The zero-order chi connectivity index (χ0) is 11.7. The fraction of sp³-hybridized carbons (Fsp3) is 0.500. The second kappa shape index (κ2) is 4.49. The summed E-state index contributed by atoms with van der Waals surface area (Å²) in [6.07, 6.45) is 6.40. The fourth-order valence-electron chi connectivity index (χ4n) is 2.64. The van der Waals surface area contributed by atoms with Crippen molar-refractivity contribution < 1.29 is 4.42 Å². The number of hydrogen-bond acceptors (Lipinski definition) is 3. The molecule has 1 saturated carbocycles. The summed E-state index contributed by atoms with van der Waals surface area (Å²) in [5, 5.41) is 0. The monoisotopic (exact) mass is 230 g/mol. The molecule has 0 atom stereocenters. The first-order valence-electron chi connectivity index (χ1n) is 6.46. The Morgan fingerprint density at radius 1 is 1.24 bits per heavy atom. The summed E-state index contributed by atoms with van der Waals surface area (Å²) in [6.45, 7) is 0.551.